The zero-order chi connectivity index (χ0) is 16.1. The smallest absolute Gasteiger partial charge is 0.222 e. The van der Waals surface area contributed by atoms with Crippen molar-refractivity contribution in [2.45, 2.75) is 38.3 Å². The van der Waals surface area contributed by atoms with Crippen molar-refractivity contribution in [1.29, 1.82) is 0 Å². The van der Waals surface area contributed by atoms with Gasteiger partial charge in [0.15, 0.2) is 0 Å². The molecular weight excluding hydrogens is 290 g/mol. The molecule has 1 aromatic rings. The van der Waals surface area contributed by atoms with Crippen LogP contribution in [-0.2, 0) is 16.1 Å². The fourth-order valence-corrected chi connectivity index (χ4v) is 3.99. The first-order valence-electron chi connectivity index (χ1n) is 8.67. The second kappa shape index (κ2) is 7.88. The highest BCUT2D eigenvalue weighted by atomic mass is 16.5. The number of methoxy groups -OCH3 is 1. The summed E-state index contributed by atoms with van der Waals surface area (Å²) in [6.45, 7) is 4.69. The van der Waals surface area contributed by atoms with Gasteiger partial charge in [-0.1, -0.05) is 6.07 Å². The van der Waals surface area contributed by atoms with Crippen molar-refractivity contribution >= 4 is 5.91 Å². The maximum absolute atomic E-state index is 12.3. The van der Waals surface area contributed by atoms with E-state index < -0.39 is 0 Å². The SMILES string of the molecule is COCCCN1C(=O)CC[C@H]2CN(Cc3cccnc3)CC[C@H]21. The Morgan fingerprint density at radius 3 is 3.09 bits per heavy atom. The molecule has 2 fully saturated rings. The molecule has 2 aliphatic rings. The lowest BCUT2D eigenvalue weighted by Crippen LogP contribution is -2.56. The molecular formula is C18H27N3O2. The van der Waals surface area contributed by atoms with Gasteiger partial charge in [0.25, 0.3) is 0 Å². The van der Waals surface area contributed by atoms with Crippen LogP contribution in [0.25, 0.3) is 0 Å². The molecule has 0 spiro atoms. The van der Waals surface area contributed by atoms with Crippen LogP contribution in [0.15, 0.2) is 24.5 Å². The van der Waals surface area contributed by atoms with Crippen LogP contribution in [0, 0.1) is 5.92 Å². The molecule has 0 unspecified atom stereocenters. The van der Waals surface area contributed by atoms with Crippen molar-refractivity contribution in [2.24, 2.45) is 5.92 Å². The Kier molecular flexibility index (Phi) is 5.62. The van der Waals surface area contributed by atoms with Gasteiger partial charge >= 0.3 is 0 Å². The van der Waals surface area contributed by atoms with Gasteiger partial charge in [-0.3, -0.25) is 14.7 Å². The number of likely N-dealkylation sites (tertiary alicyclic amines) is 2. The minimum absolute atomic E-state index is 0.336. The fraction of sp³-hybridized carbons (Fsp3) is 0.667. The Hall–Kier alpha value is -1.46. The third-order valence-electron chi connectivity index (χ3n) is 5.10. The summed E-state index contributed by atoms with van der Waals surface area (Å²) in [5.74, 6) is 0.948. The van der Waals surface area contributed by atoms with Gasteiger partial charge in [-0.2, -0.15) is 0 Å². The summed E-state index contributed by atoms with van der Waals surface area (Å²) < 4.78 is 5.14. The lowest BCUT2D eigenvalue weighted by atomic mass is 9.83. The van der Waals surface area contributed by atoms with Gasteiger partial charge in [-0.05, 0) is 36.8 Å². The monoisotopic (exact) mass is 317 g/mol. The maximum Gasteiger partial charge on any atom is 0.222 e. The van der Waals surface area contributed by atoms with Crippen molar-refractivity contribution in [3.05, 3.63) is 30.1 Å². The van der Waals surface area contributed by atoms with Crippen LogP contribution in [0.5, 0.6) is 0 Å². The number of carbonyl (C=O) groups excluding carboxylic acids is 1. The highest BCUT2D eigenvalue weighted by Gasteiger charge is 2.38. The number of aromatic nitrogens is 1. The highest BCUT2D eigenvalue weighted by molar-refractivity contribution is 5.77. The summed E-state index contributed by atoms with van der Waals surface area (Å²) >= 11 is 0. The molecule has 1 aromatic heterocycles. The molecule has 5 nitrogen and oxygen atoms in total. The van der Waals surface area contributed by atoms with E-state index in [-0.39, 0.29) is 0 Å². The molecule has 1 amide bonds. The molecule has 2 saturated heterocycles. The first kappa shape index (κ1) is 16.4. The molecule has 2 atom stereocenters. The van der Waals surface area contributed by atoms with Crippen LogP contribution >= 0.6 is 0 Å². The van der Waals surface area contributed by atoms with E-state index in [9.17, 15) is 4.79 Å². The fourth-order valence-electron chi connectivity index (χ4n) is 3.99. The van der Waals surface area contributed by atoms with Gasteiger partial charge in [0, 0.05) is 64.8 Å². The van der Waals surface area contributed by atoms with Gasteiger partial charge in [0.05, 0.1) is 0 Å². The third kappa shape index (κ3) is 4.09. The number of hydrogen-bond donors (Lipinski definition) is 0. The minimum atomic E-state index is 0.336. The summed E-state index contributed by atoms with van der Waals surface area (Å²) in [5, 5.41) is 0. The van der Waals surface area contributed by atoms with E-state index in [1.54, 1.807) is 7.11 Å². The highest BCUT2D eigenvalue weighted by Crippen LogP contribution is 2.31. The first-order valence-corrected chi connectivity index (χ1v) is 8.67. The van der Waals surface area contributed by atoms with E-state index in [2.05, 4.69) is 20.9 Å². The van der Waals surface area contributed by atoms with E-state index in [0.29, 0.717) is 24.3 Å². The molecule has 0 bridgehead atoms. The summed E-state index contributed by atoms with van der Waals surface area (Å²) in [7, 11) is 1.72. The Labute approximate surface area is 138 Å². The van der Waals surface area contributed by atoms with Crippen molar-refractivity contribution in [2.75, 3.05) is 33.4 Å². The Bertz CT molecular complexity index is 508. The number of piperidine rings is 2. The third-order valence-corrected chi connectivity index (χ3v) is 5.10. The number of hydrogen-bond acceptors (Lipinski definition) is 4. The number of ether oxygens (including phenoxy) is 1. The van der Waals surface area contributed by atoms with E-state index >= 15 is 0 Å². The molecule has 0 aromatic carbocycles. The van der Waals surface area contributed by atoms with E-state index in [0.717, 1.165) is 52.0 Å². The molecule has 0 N–H and O–H groups in total. The first-order chi connectivity index (χ1) is 11.3. The molecule has 0 radical (unpaired) electrons. The van der Waals surface area contributed by atoms with Crippen LogP contribution in [-0.4, -0.2) is 60.1 Å². The van der Waals surface area contributed by atoms with Gasteiger partial charge in [0.2, 0.25) is 5.91 Å². The summed E-state index contributed by atoms with van der Waals surface area (Å²) in [4.78, 5) is 21.1. The van der Waals surface area contributed by atoms with Crippen LogP contribution in [0.2, 0.25) is 0 Å². The average Bonchev–Trinajstić information content (AvgIpc) is 2.58. The lowest BCUT2D eigenvalue weighted by molar-refractivity contribution is -0.141. The van der Waals surface area contributed by atoms with Gasteiger partial charge in [-0.15, -0.1) is 0 Å². The minimum Gasteiger partial charge on any atom is -0.385 e. The Morgan fingerprint density at radius 1 is 1.39 bits per heavy atom. The zero-order valence-corrected chi connectivity index (χ0v) is 14.0. The topological polar surface area (TPSA) is 45.7 Å². The zero-order valence-electron chi connectivity index (χ0n) is 14.0. The average molecular weight is 317 g/mol. The predicted molar refractivity (Wildman–Crippen MR) is 88.8 cm³/mol. The number of pyridine rings is 1. The predicted octanol–water partition coefficient (Wildman–Crippen LogP) is 1.93. The molecule has 0 aliphatic carbocycles. The van der Waals surface area contributed by atoms with Gasteiger partial charge < -0.3 is 9.64 Å². The number of rotatable bonds is 6. The Morgan fingerprint density at radius 2 is 2.30 bits per heavy atom. The maximum atomic E-state index is 12.3. The number of carbonyl (C=O) groups is 1. The Balaban J connectivity index is 1.57. The molecule has 5 heteroatoms. The molecule has 23 heavy (non-hydrogen) atoms. The van der Waals surface area contributed by atoms with Gasteiger partial charge in [0.1, 0.15) is 0 Å². The van der Waals surface area contributed by atoms with Crippen LogP contribution < -0.4 is 0 Å². The second-order valence-corrected chi connectivity index (χ2v) is 6.68. The second-order valence-electron chi connectivity index (χ2n) is 6.68. The number of nitrogens with zero attached hydrogens (tertiary/aromatic N) is 3. The summed E-state index contributed by atoms with van der Waals surface area (Å²) in [6.07, 6.45) is 7.53. The standard InChI is InChI=1S/C18H27N3O2/c1-23-11-3-9-21-17-7-10-20(13-15-4-2-8-19-12-15)14-16(17)5-6-18(21)22/h2,4,8,12,16-17H,3,5-7,9-11,13-14H2,1H3/t16-,17+/m0/s1. The van der Waals surface area contributed by atoms with E-state index in [1.807, 2.05) is 18.5 Å². The lowest BCUT2D eigenvalue weighted by Gasteiger charge is -2.47. The normalized spacial score (nSPS) is 25.4. The van der Waals surface area contributed by atoms with Crippen molar-refractivity contribution < 1.29 is 9.53 Å². The van der Waals surface area contributed by atoms with Crippen molar-refractivity contribution in [3.63, 3.8) is 0 Å². The van der Waals surface area contributed by atoms with Crippen LogP contribution in [0.4, 0.5) is 0 Å². The quantitative estimate of drug-likeness (QED) is 0.752. The van der Waals surface area contributed by atoms with E-state index in [1.165, 1.54) is 5.56 Å². The molecule has 3 rings (SSSR count). The van der Waals surface area contributed by atoms with Crippen molar-refractivity contribution in [1.82, 2.24) is 14.8 Å². The van der Waals surface area contributed by atoms with E-state index in [4.69, 9.17) is 4.74 Å². The number of amides is 1. The van der Waals surface area contributed by atoms with Crippen molar-refractivity contribution in [3.8, 4) is 0 Å². The summed E-state index contributed by atoms with van der Waals surface area (Å²) in [6, 6.07) is 4.57. The molecule has 3 heterocycles. The molecule has 126 valence electrons. The van der Waals surface area contributed by atoms with Gasteiger partial charge in [-0.25, -0.2) is 0 Å². The summed E-state index contributed by atoms with van der Waals surface area (Å²) in [5.41, 5.74) is 1.27. The largest absolute Gasteiger partial charge is 0.385 e. The molecule has 0 saturated carbocycles. The number of fused-ring (bicyclic) bond motifs is 1. The molecule has 2 aliphatic heterocycles. The van der Waals surface area contributed by atoms with Crippen LogP contribution in [0.1, 0.15) is 31.2 Å². The van der Waals surface area contributed by atoms with Crippen LogP contribution in [0.3, 0.4) is 0 Å².